The van der Waals surface area contributed by atoms with Crippen LogP contribution in [0.5, 0.6) is 0 Å². The van der Waals surface area contributed by atoms with Crippen LogP contribution in [-0.2, 0) is 10.3 Å². The topological polar surface area (TPSA) is 62.6 Å². The Balaban J connectivity index is 2.18. The fourth-order valence-electron chi connectivity index (χ4n) is 2.02. The van der Waals surface area contributed by atoms with E-state index in [1.165, 1.54) is 11.2 Å². The van der Waals surface area contributed by atoms with Crippen LogP contribution in [0.4, 0.5) is 4.79 Å². The van der Waals surface area contributed by atoms with Gasteiger partial charge in [0.05, 0.1) is 6.26 Å². The Morgan fingerprint density at radius 2 is 2.17 bits per heavy atom. The summed E-state index contributed by atoms with van der Waals surface area (Å²) in [6, 6.07) is 3.06. The lowest BCUT2D eigenvalue weighted by Gasteiger charge is -2.19. The van der Waals surface area contributed by atoms with Gasteiger partial charge in [-0.15, -0.1) is 0 Å². The summed E-state index contributed by atoms with van der Waals surface area (Å²) in [6.45, 7) is 6.23. The summed E-state index contributed by atoms with van der Waals surface area (Å²) in [5.41, 5.74) is -1.07. The van der Waals surface area contributed by atoms with Gasteiger partial charge in [-0.05, 0) is 31.4 Å². The molecule has 98 valence electrons. The number of carbonyl (C=O) groups is 2. The molecule has 1 N–H and O–H groups in total. The first kappa shape index (κ1) is 12.7. The first-order valence-corrected chi connectivity index (χ1v) is 6.13. The molecular weight excluding hydrogens is 232 g/mol. The molecule has 2 rings (SSSR count). The number of carbonyl (C=O) groups excluding carboxylic acids is 2. The molecule has 1 saturated heterocycles. The van der Waals surface area contributed by atoms with Crippen molar-refractivity contribution in [3.05, 3.63) is 24.2 Å². The van der Waals surface area contributed by atoms with Gasteiger partial charge < -0.3 is 9.73 Å². The lowest BCUT2D eigenvalue weighted by molar-refractivity contribution is -0.131. The Labute approximate surface area is 106 Å². The number of hydrogen-bond acceptors (Lipinski definition) is 3. The summed E-state index contributed by atoms with van der Waals surface area (Å²) in [6.07, 6.45) is 2.30. The Kier molecular flexibility index (Phi) is 3.15. The smallest absolute Gasteiger partial charge is 0.325 e. The first-order chi connectivity index (χ1) is 8.45. The average Bonchev–Trinajstić information content (AvgIpc) is 2.87. The van der Waals surface area contributed by atoms with Crippen LogP contribution in [0, 0.1) is 5.92 Å². The van der Waals surface area contributed by atoms with Crippen LogP contribution in [0.1, 0.15) is 33.0 Å². The van der Waals surface area contributed by atoms with Crippen molar-refractivity contribution in [2.75, 3.05) is 6.54 Å². The van der Waals surface area contributed by atoms with Gasteiger partial charge in [0.2, 0.25) is 0 Å². The van der Waals surface area contributed by atoms with Crippen molar-refractivity contribution >= 4 is 11.9 Å². The molecule has 1 fully saturated rings. The van der Waals surface area contributed by atoms with E-state index in [0.717, 1.165) is 6.42 Å². The lowest BCUT2D eigenvalue weighted by Crippen LogP contribution is -2.40. The summed E-state index contributed by atoms with van der Waals surface area (Å²) < 4.78 is 5.25. The van der Waals surface area contributed by atoms with E-state index in [9.17, 15) is 9.59 Å². The van der Waals surface area contributed by atoms with E-state index in [4.69, 9.17) is 4.42 Å². The molecule has 0 unspecified atom stereocenters. The maximum Gasteiger partial charge on any atom is 0.325 e. The molecular formula is C13H18N2O3. The van der Waals surface area contributed by atoms with Gasteiger partial charge >= 0.3 is 6.03 Å². The van der Waals surface area contributed by atoms with Crippen molar-refractivity contribution in [3.8, 4) is 0 Å². The Bertz CT molecular complexity index is 453. The number of nitrogens with zero attached hydrogens (tertiary/aromatic N) is 1. The summed E-state index contributed by atoms with van der Waals surface area (Å²) in [5.74, 6) is 0.664. The fraction of sp³-hybridized carbons (Fsp3) is 0.538. The summed E-state index contributed by atoms with van der Waals surface area (Å²) in [4.78, 5) is 25.5. The molecule has 1 aromatic rings. The highest BCUT2D eigenvalue weighted by molar-refractivity contribution is 6.06. The van der Waals surface area contributed by atoms with E-state index in [1.54, 1.807) is 19.1 Å². The number of hydrogen-bond donors (Lipinski definition) is 1. The summed E-state index contributed by atoms with van der Waals surface area (Å²) >= 11 is 0. The van der Waals surface area contributed by atoms with Gasteiger partial charge in [-0.25, -0.2) is 4.79 Å². The van der Waals surface area contributed by atoms with E-state index in [2.05, 4.69) is 19.2 Å². The number of imide groups is 1. The van der Waals surface area contributed by atoms with Gasteiger partial charge in [0, 0.05) is 6.54 Å². The van der Waals surface area contributed by atoms with Gasteiger partial charge in [-0.1, -0.05) is 13.8 Å². The van der Waals surface area contributed by atoms with Crippen LogP contribution >= 0.6 is 0 Å². The molecule has 3 amide bonds. The highest BCUT2D eigenvalue weighted by atomic mass is 16.3. The molecule has 1 aromatic heterocycles. The van der Waals surface area contributed by atoms with Crippen molar-refractivity contribution in [1.29, 1.82) is 0 Å². The number of urea groups is 1. The molecule has 0 aromatic carbocycles. The van der Waals surface area contributed by atoms with Crippen LogP contribution in [0.3, 0.4) is 0 Å². The third kappa shape index (κ3) is 2.00. The monoisotopic (exact) mass is 250 g/mol. The SMILES string of the molecule is CC(C)CCN1C(=O)N[C@@](C)(c2ccco2)C1=O. The number of amides is 3. The van der Waals surface area contributed by atoms with Crippen LogP contribution in [-0.4, -0.2) is 23.4 Å². The second-order valence-corrected chi connectivity index (χ2v) is 5.17. The van der Waals surface area contributed by atoms with E-state index < -0.39 is 5.54 Å². The maximum atomic E-state index is 12.3. The predicted octanol–water partition coefficient (Wildman–Crippen LogP) is 2.09. The molecule has 2 heterocycles. The summed E-state index contributed by atoms with van der Waals surface area (Å²) in [5, 5.41) is 2.70. The number of rotatable bonds is 4. The molecule has 5 heteroatoms. The highest BCUT2D eigenvalue weighted by Gasteiger charge is 2.50. The van der Waals surface area contributed by atoms with Crippen LogP contribution in [0.15, 0.2) is 22.8 Å². The predicted molar refractivity (Wildman–Crippen MR) is 65.8 cm³/mol. The van der Waals surface area contributed by atoms with Gasteiger partial charge in [0.25, 0.3) is 5.91 Å². The van der Waals surface area contributed by atoms with Crippen molar-refractivity contribution in [2.45, 2.75) is 32.7 Å². The van der Waals surface area contributed by atoms with Crippen molar-refractivity contribution in [1.82, 2.24) is 10.2 Å². The Morgan fingerprint density at radius 1 is 1.44 bits per heavy atom. The molecule has 0 radical (unpaired) electrons. The molecule has 1 aliphatic heterocycles. The molecule has 0 saturated carbocycles. The summed E-state index contributed by atoms with van der Waals surface area (Å²) in [7, 11) is 0. The third-order valence-electron chi connectivity index (χ3n) is 3.22. The molecule has 0 bridgehead atoms. The largest absolute Gasteiger partial charge is 0.466 e. The van der Waals surface area contributed by atoms with E-state index in [0.29, 0.717) is 18.2 Å². The zero-order chi connectivity index (χ0) is 13.3. The van der Waals surface area contributed by atoms with E-state index >= 15 is 0 Å². The third-order valence-corrected chi connectivity index (χ3v) is 3.22. The minimum Gasteiger partial charge on any atom is -0.466 e. The fourth-order valence-corrected chi connectivity index (χ4v) is 2.02. The minimum atomic E-state index is -1.07. The molecule has 0 spiro atoms. The zero-order valence-electron chi connectivity index (χ0n) is 10.9. The van der Waals surface area contributed by atoms with Crippen molar-refractivity contribution in [2.24, 2.45) is 5.92 Å². The van der Waals surface area contributed by atoms with Gasteiger partial charge in [0.1, 0.15) is 5.76 Å². The maximum absolute atomic E-state index is 12.3. The van der Waals surface area contributed by atoms with Crippen molar-refractivity contribution < 1.29 is 14.0 Å². The minimum absolute atomic E-state index is 0.247. The zero-order valence-corrected chi connectivity index (χ0v) is 10.9. The van der Waals surface area contributed by atoms with Gasteiger partial charge in [-0.2, -0.15) is 0 Å². The second-order valence-electron chi connectivity index (χ2n) is 5.17. The van der Waals surface area contributed by atoms with Gasteiger partial charge in [-0.3, -0.25) is 9.69 Å². The Morgan fingerprint density at radius 3 is 2.72 bits per heavy atom. The van der Waals surface area contributed by atoms with E-state index in [1.807, 2.05) is 0 Å². The lowest BCUT2D eigenvalue weighted by atomic mass is 9.99. The molecule has 5 nitrogen and oxygen atoms in total. The normalized spacial score (nSPS) is 23.9. The quantitative estimate of drug-likeness (QED) is 0.832. The highest BCUT2D eigenvalue weighted by Crippen LogP contribution is 2.29. The molecule has 1 aliphatic rings. The van der Waals surface area contributed by atoms with Crippen LogP contribution in [0.25, 0.3) is 0 Å². The molecule has 1 atom stereocenters. The van der Waals surface area contributed by atoms with Crippen molar-refractivity contribution in [3.63, 3.8) is 0 Å². The van der Waals surface area contributed by atoms with Gasteiger partial charge in [0.15, 0.2) is 5.54 Å². The molecule has 18 heavy (non-hydrogen) atoms. The molecule has 0 aliphatic carbocycles. The van der Waals surface area contributed by atoms with E-state index in [-0.39, 0.29) is 11.9 Å². The first-order valence-electron chi connectivity index (χ1n) is 6.13. The second kappa shape index (κ2) is 4.48. The number of nitrogens with one attached hydrogen (secondary N) is 1. The average molecular weight is 250 g/mol. The van der Waals surface area contributed by atoms with Crippen LogP contribution in [0.2, 0.25) is 0 Å². The number of furan rings is 1. The van der Waals surface area contributed by atoms with Crippen LogP contribution < -0.4 is 5.32 Å². The Hall–Kier alpha value is -1.78. The standard InChI is InChI=1S/C13H18N2O3/c1-9(2)6-7-15-11(16)13(3,14-12(15)17)10-5-4-8-18-10/h4-5,8-9H,6-7H2,1-3H3,(H,14,17)/t13-/m0/s1.